The van der Waals surface area contributed by atoms with Crippen LogP contribution in [0, 0.1) is 5.92 Å². The number of amides is 1. The van der Waals surface area contributed by atoms with Gasteiger partial charge in [0.05, 0.1) is 4.90 Å². The Bertz CT molecular complexity index is 1180. The van der Waals surface area contributed by atoms with Crippen molar-refractivity contribution >= 4 is 38.9 Å². The summed E-state index contributed by atoms with van der Waals surface area (Å²) >= 11 is 5.84. The minimum absolute atomic E-state index is 0.0238. The minimum atomic E-state index is -3.74. The summed E-state index contributed by atoms with van der Waals surface area (Å²) in [5, 5.41) is 3.45. The number of likely N-dealkylation sites (tertiary alicyclic amines) is 1. The first-order valence-corrected chi connectivity index (χ1v) is 12.7. The van der Waals surface area contributed by atoms with Gasteiger partial charge in [-0.1, -0.05) is 41.9 Å². The van der Waals surface area contributed by atoms with E-state index in [2.05, 4.69) is 27.1 Å². The Morgan fingerprint density at radius 1 is 0.879 bits per heavy atom. The van der Waals surface area contributed by atoms with Crippen molar-refractivity contribution in [1.82, 2.24) is 4.90 Å². The summed E-state index contributed by atoms with van der Waals surface area (Å²) < 4.78 is 27.7. The molecule has 0 atom stereocenters. The highest BCUT2D eigenvalue weighted by molar-refractivity contribution is 7.92. The molecule has 8 heteroatoms. The summed E-state index contributed by atoms with van der Waals surface area (Å²) in [4.78, 5) is 15.2. The fourth-order valence-electron chi connectivity index (χ4n) is 3.89. The monoisotopic (exact) mass is 483 g/mol. The van der Waals surface area contributed by atoms with Gasteiger partial charge >= 0.3 is 0 Å². The van der Waals surface area contributed by atoms with E-state index in [1.165, 1.54) is 17.7 Å². The lowest BCUT2D eigenvalue weighted by atomic mass is 9.95. The van der Waals surface area contributed by atoms with Crippen LogP contribution in [0.15, 0.2) is 83.8 Å². The molecule has 1 aliphatic heterocycles. The molecule has 0 saturated carbocycles. The molecular weight excluding hydrogens is 458 g/mol. The van der Waals surface area contributed by atoms with E-state index in [1.807, 2.05) is 18.2 Å². The number of sulfonamides is 1. The third-order valence-corrected chi connectivity index (χ3v) is 7.39. The largest absolute Gasteiger partial charge is 0.326 e. The Morgan fingerprint density at radius 2 is 1.48 bits per heavy atom. The smallest absolute Gasteiger partial charge is 0.261 e. The molecule has 1 saturated heterocycles. The predicted molar refractivity (Wildman–Crippen MR) is 132 cm³/mol. The highest BCUT2D eigenvalue weighted by Gasteiger charge is 2.25. The van der Waals surface area contributed by atoms with Gasteiger partial charge in [0.1, 0.15) is 0 Å². The summed E-state index contributed by atoms with van der Waals surface area (Å²) in [6.45, 7) is 2.65. The third kappa shape index (κ3) is 6.35. The summed E-state index contributed by atoms with van der Waals surface area (Å²) in [5.74, 6) is -0.0729. The zero-order valence-corrected chi connectivity index (χ0v) is 19.6. The zero-order valence-electron chi connectivity index (χ0n) is 18.1. The first-order valence-electron chi connectivity index (χ1n) is 10.8. The van der Waals surface area contributed by atoms with Crippen LogP contribution in [0.4, 0.5) is 11.4 Å². The summed E-state index contributed by atoms with van der Waals surface area (Å²) in [7, 11) is -3.74. The first kappa shape index (κ1) is 23.3. The molecule has 2 N–H and O–H groups in total. The lowest BCUT2D eigenvalue weighted by Gasteiger charge is -2.31. The van der Waals surface area contributed by atoms with E-state index in [-0.39, 0.29) is 16.7 Å². The maximum absolute atomic E-state index is 12.7. The molecule has 0 unspecified atom stereocenters. The van der Waals surface area contributed by atoms with Crippen LogP contribution >= 0.6 is 11.6 Å². The first-order chi connectivity index (χ1) is 15.9. The van der Waals surface area contributed by atoms with Crippen molar-refractivity contribution in [2.75, 3.05) is 23.1 Å². The Balaban J connectivity index is 1.29. The number of halogens is 1. The lowest BCUT2D eigenvalue weighted by Crippen LogP contribution is -2.37. The number of nitrogens with zero attached hydrogens (tertiary/aromatic N) is 1. The Kier molecular flexibility index (Phi) is 7.33. The Morgan fingerprint density at radius 3 is 2.12 bits per heavy atom. The molecule has 4 rings (SSSR count). The number of carbonyl (C=O) groups is 1. The van der Waals surface area contributed by atoms with E-state index < -0.39 is 10.0 Å². The van der Waals surface area contributed by atoms with Crippen LogP contribution in [-0.2, 0) is 21.4 Å². The summed E-state index contributed by atoms with van der Waals surface area (Å²) in [6.07, 6.45) is 1.60. The van der Waals surface area contributed by atoms with Crippen LogP contribution in [0.25, 0.3) is 0 Å². The Labute approximate surface area is 199 Å². The molecule has 3 aromatic carbocycles. The van der Waals surface area contributed by atoms with Gasteiger partial charge in [-0.2, -0.15) is 0 Å². The van der Waals surface area contributed by atoms with Crippen molar-refractivity contribution in [3.8, 4) is 0 Å². The maximum Gasteiger partial charge on any atom is 0.261 e. The topological polar surface area (TPSA) is 78.5 Å². The second-order valence-electron chi connectivity index (χ2n) is 8.16. The second kappa shape index (κ2) is 10.4. The normalized spacial score (nSPS) is 15.2. The van der Waals surface area contributed by atoms with Gasteiger partial charge in [0.25, 0.3) is 10.0 Å². The molecule has 0 radical (unpaired) electrons. The van der Waals surface area contributed by atoms with E-state index in [0.717, 1.165) is 32.5 Å². The number of hydrogen-bond acceptors (Lipinski definition) is 4. The van der Waals surface area contributed by atoms with Gasteiger partial charge in [0.15, 0.2) is 0 Å². The number of nitrogens with one attached hydrogen (secondary N) is 2. The molecule has 1 amide bonds. The molecule has 0 aliphatic carbocycles. The highest BCUT2D eigenvalue weighted by atomic mass is 35.5. The standard InChI is InChI=1S/C25H26ClN3O3S/c26-21-6-8-23(9-7-21)28-33(31,32)24-12-10-22(11-13-24)27-25(30)20-14-16-29(17-15-20)18-19-4-2-1-3-5-19/h1-13,20,28H,14-18H2,(H,27,30). The molecule has 0 bridgehead atoms. The fraction of sp³-hybridized carbons (Fsp3) is 0.240. The number of anilines is 2. The molecule has 3 aromatic rings. The van der Waals surface area contributed by atoms with Gasteiger partial charge in [-0.15, -0.1) is 0 Å². The van der Waals surface area contributed by atoms with Crippen LogP contribution in [0.2, 0.25) is 5.02 Å². The van der Waals surface area contributed by atoms with Gasteiger partial charge in [-0.05, 0) is 80.0 Å². The number of rotatable bonds is 7. The van der Waals surface area contributed by atoms with E-state index in [1.54, 1.807) is 36.4 Å². The van der Waals surface area contributed by atoms with E-state index in [0.29, 0.717) is 16.4 Å². The van der Waals surface area contributed by atoms with Crippen LogP contribution < -0.4 is 10.0 Å². The molecule has 172 valence electrons. The average molecular weight is 484 g/mol. The second-order valence-corrected chi connectivity index (χ2v) is 10.3. The van der Waals surface area contributed by atoms with Crippen LogP contribution in [-0.4, -0.2) is 32.3 Å². The third-order valence-electron chi connectivity index (χ3n) is 5.74. The predicted octanol–water partition coefficient (Wildman–Crippen LogP) is 4.99. The van der Waals surface area contributed by atoms with Crippen molar-refractivity contribution in [3.63, 3.8) is 0 Å². The molecular formula is C25H26ClN3O3S. The average Bonchev–Trinajstić information content (AvgIpc) is 2.82. The van der Waals surface area contributed by atoms with Crippen molar-refractivity contribution in [3.05, 3.63) is 89.4 Å². The van der Waals surface area contributed by atoms with Gasteiger partial charge in [-0.25, -0.2) is 8.42 Å². The zero-order chi connectivity index (χ0) is 23.3. The van der Waals surface area contributed by atoms with Gasteiger partial charge < -0.3 is 5.32 Å². The summed E-state index contributed by atoms with van der Waals surface area (Å²) in [6, 6.07) is 22.9. The number of hydrogen-bond donors (Lipinski definition) is 2. The quantitative estimate of drug-likeness (QED) is 0.496. The van der Waals surface area contributed by atoms with Crippen molar-refractivity contribution in [1.29, 1.82) is 0 Å². The SMILES string of the molecule is O=C(Nc1ccc(S(=O)(=O)Nc2ccc(Cl)cc2)cc1)C1CCN(Cc2ccccc2)CC1. The fourth-order valence-corrected chi connectivity index (χ4v) is 5.07. The maximum atomic E-state index is 12.7. The molecule has 6 nitrogen and oxygen atoms in total. The molecule has 1 heterocycles. The number of piperidine rings is 1. The van der Waals surface area contributed by atoms with Crippen LogP contribution in [0.5, 0.6) is 0 Å². The van der Waals surface area contributed by atoms with Crippen molar-refractivity contribution in [2.45, 2.75) is 24.3 Å². The number of benzene rings is 3. The molecule has 1 fully saturated rings. The van der Waals surface area contributed by atoms with Gasteiger partial charge in [0.2, 0.25) is 5.91 Å². The van der Waals surface area contributed by atoms with Gasteiger partial charge in [-0.3, -0.25) is 14.4 Å². The van der Waals surface area contributed by atoms with Crippen molar-refractivity contribution in [2.24, 2.45) is 5.92 Å². The molecule has 0 aromatic heterocycles. The van der Waals surface area contributed by atoms with Crippen LogP contribution in [0.3, 0.4) is 0 Å². The highest BCUT2D eigenvalue weighted by Crippen LogP contribution is 2.23. The van der Waals surface area contributed by atoms with E-state index in [4.69, 9.17) is 11.6 Å². The van der Waals surface area contributed by atoms with E-state index >= 15 is 0 Å². The van der Waals surface area contributed by atoms with Crippen LogP contribution in [0.1, 0.15) is 18.4 Å². The summed E-state index contributed by atoms with van der Waals surface area (Å²) in [5.41, 5.74) is 2.29. The lowest BCUT2D eigenvalue weighted by molar-refractivity contribution is -0.121. The molecule has 33 heavy (non-hydrogen) atoms. The molecule has 1 aliphatic rings. The van der Waals surface area contributed by atoms with Gasteiger partial charge in [0, 0.05) is 28.9 Å². The number of carbonyl (C=O) groups excluding carboxylic acids is 1. The van der Waals surface area contributed by atoms with E-state index in [9.17, 15) is 13.2 Å². The van der Waals surface area contributed by atoms with Crippen molar-refractivity contribution < 1.29 is 13.2 Å². The minimum Gasteiger partial charge on any atom is -0.326 e. The Hall–Kier alpha value is -2.87. The molecule has 0 spiro atoms.